The van der Waals surface area contributed by atoms with Crippen molar-refractivity contribution in [3.63, 3.8) is 0 Å². The molecule has 1 unspecified atom stereocenters. The van der Waals surface area contributed by atoms with E-state index in [1.807, 2.05) is 7.05 Å². The standard InChI is InChI=1S/C11H16FNO/c1-13-11(8-14-2)7-9-3-5-10(12)6-4-9/h3-6,11,13H,7-8H2,1-2H3. The van der Waals surface area contributed by atoms with Crippen LogP contribution in [-0.4, -0.2) is 26.8 Å². The number of ether oxygens (including phenoxy) is 1. The van der Waals surface area contributed by atoms with Crippen molar-refractivity contribution in [2.24, 2.45) is 0 Å². The first kappa shape index (κ1) is 11.1. The molecule has 0 aliphatic heterocycles. The number of likely N-dealkylation sites (N-methyl/N-ethyl adjacent to an activating group) is 1. The van der Waals surface area contributed by atoms with E-state index in [1.54, 1.807) is 19.2 Å². The number of methoxy groups -OCH3 is 1. The normalized spacial score (nSPS) is 12.8. The summed E-state index contributed by atoms with van der Waals surface area (Å²) < 4.78 is 17.7. The van der Waals surface area contributed by atoms with Crippen molar-refractivity contribution in [3.05, 3.63) is 35.6 Å². The van der Waals surface area contributed by atoms with Gasteiger partial charge in [-0.05, 0) is 31.2 Å². The molecule has 0 aromatic heterocycles. The molecule has 0 saturated heterocycles. The fraction of sp³-hybridized carbons (Fsp3) is 0.455. The lowest BCUT2D eigenvalue weighted by Gasteiger charge is -2.14. The Balaban J connectivity index is 2.53. The van der Waals surface area contributed by atoms with E-state index in [0.29, 0.717) is 6.61 Å². The second kappa shape index (κ2) is 5.73. The number of rotatable bonds is 5. The molecule has 1 rings (SSSR count). The van der Waals surface area contributed by atoms with Gasteiger partial charge in [-0.1, -0.05) is 12.1 Å². The van der Waals surface area contributed by atoms with E-state index < -0.39 is 0 Å². The molecular weight excluding hydrogens is 181 g/mol. The predicted octanol–water partition coefficient (Wildman–Crippen LogP) is 1.60. The molecule has 0 radical (unpaired) electrons. The van der Waals surface area contributed by atoms with E-state index in [9.17, 15) is 4.39 Å². The van der Waals surface area contributed by atoms with Crippen LogP contribution in [0.25, 0.3) is 0 Å². The minimum absolute atomic E-state index is 0.193. The molecule has 0 heterocycles. The van der Waals surface area contributed by atoms with Gasteiger partial charge in [-0.3, -0.25) is 0 Å². The van der Waals surface area contributed by atoms with Gasteiger partial charge in [-0.2, -0.15) is 0 Å². The lowest BCUT2D eigenvalue weighted by Crippen LogP contribution is -2.32. The molecule has 0 saturated carbocycles. The second-order valence-corrected chi connectivity index (χ2v) is 3.27. The monoisotopic (exact) mass is 197 g/mol. The first-order chi connectivity index (χ1) is 6.76. The van der Waals surface area contributed by atoms with Gasteiger partial charge in [0.1, 0.15) is 5.82 Å². The first-order valence-corrected chi connectivity index (χ1v) is 4.67. The number of nitrogens with one attached hydrogen (secondary N) is 1. The van der Waals surface area contributed by atoms with Gasteiger partial charge in [0, 0.05) is 13.2 Å². The Kier molecular flexibility index (Phi) is 4.56. The van der Waals surface area contributed by atoms with Crippen molar-refractivity contribution in [3.8, 4) is 0 Å². The van der Waals surface area contributed by atoms with Crippen molar-refractivity contribution in [1.29, 1.82) is 0 Å². The summed E-state index contributed by atoms with van der Waals surface area (Å²) in [6.45, 7) is 0.661. The summed E-state index contributed by atoms with van der Waals surface area (Å²) in [6.07, 6.45) is 0.852. The zero-order chi connectivity index (χ0) is 10.4. The van der Waals surface area contributed by atoms with Crippen molar-refractivity contribution in [1.82, 2.24) is 5.32 Å². The van der Waals surface area contributed by atoms with Gasteiger partial charge in [0.2, 0.25) is 0 Å². The summed E-state index contributed by atoms with van der Waals surface area (Å²) in [5, 5.41) is 3.15. The highest BCUT2D eigenvalue weighted by atomic mass is 19.1. The van der Waals surface area contributed by atoms with Crippen molar-refractivity contribution in [2.45, 2.75) is 12.5 Å². The Bertz CT molecular complexity index is 260. The van der Waals surface area contributed by atoms with Gasteiger partial charge in [0.25, 0.3) is 0 Å². The highest BCUT2D eigenvalue weighted by Crippen LogP contribution is 2.05. The van der Waals surface area contributed by atoms with Gasteiger partial charge in [0.05, 0.1) is 6.61 Å². The van der Waals surface area contributed by atoms with Crippen molar-refractivity contribution >= 4 is 0 Å². The van der Waals surface area contributed by atoms with Crippen LogP contribution in [0, 0.1) is 5.82 Å². The average Bonchev–Trinajstić information content (AvgIpc) is 2.20. The van der Waals surface area contributed by atoms with Gasteiger partial charge in [-0.25, -0.2) is 4.39 Å². The summed E-state index contributed by atoms with van der Waals surface area (Å²) in [5.41, 5.74) is 1.11. The first-order valence-electron chi connectivity index (χ1n) is 4.67. The smallest absolute Gasteiger partial charge is 0.123 e. The molecule has 1 aromatic rings. The van der Waals surface area contributed by atoms with E-state index >= 15 is 0 Å². The van der Waals surface area contributed by atoms with Crippen LogP contribution in [0.3, 0.4) is 0 Å². The quantitative estimate of drug-likeness (QED) is 0.774. The number of hydrogen-bond donors (Lipinski definition) is 1. The van der Waals surface area contributed by atoms with Crippen LogP contribution in [0.4, 0.5) is 4.39 Å². The zero-order valence-corrected chi connectivity index (χ0v) is 8.59. The maximum Gasteiger partial charge on any atom is 0.123 e. The Morgan fingerprint density at radius 3 is 2.50 bits per heavy atom. The van der Waals surface area contributed by atoms with E-state index in [2.05, 4.69) is 5.32 Å². The molecular formula is C11H16FNO. The fourth-order valence-corrected chi connectivity index (χ4v) is 1.35. The van der Waals surface area contributed by atoms with Gasteiger partial charge < -0.3 is 10.1 Å². The summed E-state index contributed by atoms with van der Waals surface area (Å²) in [6, 6.07) is 6.85. The Labute approximate surface area is 84.1 Å². The van der Waals surface area contributed by atoms with Crippen LogP contribution in [0.5, 0.6) is 0 Å². The average molecular weight is 197 g/mol. The van der Waals surface area contributed by atoms with Crippen molar-refractivity contribution < 1.29 is 9.13 Å². The summed E-state index contributed by atoms with van der Waals surface area (Å²) >= 11 is 0. The number of halogens is 1. The fourth-order valence-electron chi connectivity index (χ4n) is 1.35. The summed E-state index contributed by atoms with van der Waals surface area (Å²) in [7, 11) is 3.57. The highest BCUT2D eigenvalue weighted by molar-refractivity contribution is 5.17. The minimum Gasteiger partial charge on any atom is -0.383 e. The lowest BCUT2D eigenvalue weighted by atomic mass is 10.1. The Morgan fingerprint density at radius 2 is 2.00 bits per heavy atom. The number of hydrogen-bond acceptors (Lipinski definition) is 2. The van der Waals surface area contributed by atoms with Gasteiger partial charge in [-0.15, -0.1) is 0 Å². The predicted molar refractivity (Wildman–Crippen MR) is 54.8 cm³/mol. The highest BCUT2D eigenvalue weighted by Gasteiger charge is 2.06. The van der Waals surface area contributed by atoms with Crippen LogP contribution < -0.4 is 5.32 Å². The Hall–Kier alpha value is -0.930. The topological polar surface area (TPSA) is 21.3 Å². The molecule has 1 atom stereocenters. The molecule has 1 N–H and O–H groups in total. The summed E-state index contributed by atoms with van der Waals surface area (Å²) in [4.78, 5) is 0. The van der Waals surface area contributed by atoms with Crippen LogP contribution in [-0.2, 0) is 11.2 Å². The SMILES string of the molecule is CNC(COC)Cc1ccc(F)cc1. The van der Waals surface area contributed by atoms with Gasteiger partial charge in [0.15, 0.2) is 0 Å². The largest absolute Gasteiger partial charge is 0.383 e. The van der Waals surface area contributed by atoms with Crippen molar-refractivity contribution in [2.75, 3.05) is 20.8 Å². The maximum absolute atomic E-state index is 12.6. The van der Waals surface area contributed by atoms with Gasteiger partial charge >= 0.3 is 0 Å². The molecule has 0 aliphatic carbocycles. The maximum atomic E-state index is 12.6. The third-order valence-electron chi connectivity index (χ3n) is 2.17. The zero-order valence-electron chi connectivity index (χ0n) is 8.59. The molecule has 14 heavy (non-hydrogen) atoms. The van der Waals surface area contributed by atoms with E-state index in [0.717, 1.165) is 12.0 Å². The van der Waals surface area contributed by atoms with Crippen LogP contribution >= 0.6 is 0 Å². The van der Waals surface area contributed by atoms with Crippen LogP contribution in [0.15, 0.2) is 24.3 Å². The summed E-state index contributed by atoms with van der Waals surface area (Å²) in [5.74, 6) is -0.193. The molecule has 0 aliphatic rings. The third-order valence-corrected chi connectivity index (χ3v) is 2.17. The second-order valence-electron chi connectivity index (χ2n) is 3.27. The molecule has 0 amide bonds. The minimum atomic E-state index is -0.193. The molecule has 78 valence electrons. The van der Waals surface area contributed by atoms with E-state index in [4.69, 9.17) is 4.74 Å². The molecule has 3 heteroatoms. The molecule has 0 spiro atoms. The lowest BCUT2D eigenvalue weighted by molar-refractivity contribution is 0.169. The van der Waals surface area contributed by atoms with E-state index in [-0.39, 0.29) is 11.9 Å². The molecule has 0 fully saturated rings. The van der Waals surface area contributed by atoms with Crippen LogP contribution in [0.2, 0.25) is 0 Å². The third kappa shape index (κ3) is 3.44. The molecule has 1 aromatic carbocycles. The molecule has 2 nitrogen and oxygen atoms in total. The molecule has 0 bridgehead atoms. The number of benzene rings is 1. The van der Waals surface area contributed by atoms with Crippen LogP contribution in [0.1, 0.15) is 5.56 Å². The Morgan fingerprint density at radius 1 is 1.36 bits per heavy atom. The van der Waals surface area contributed by atoms with E-state index in [1.165, 1.54) is 12.1 Å².